The van der Waals surface area contributed by atoms with Gasteiger partial charge >= 0.3 is 0 Å². The van der Waals surface area contributed by atoms with Crippen LogP contribution in [-0.2, 0) is 6.42 Å². The molecular formula is C23H22N4O2S. The normalized spacial score (nSPS) is 15.9. The van der Waals surface area contributed by atoms with Gasteiger partial charge in [0.1, 0.15) is 10.6 Å². The molecule has 0 saturated heterocycles. The van der Waals surface area contributed by atoms with Gasteiger partial charge in [-0.25, -0.2) is 0 Å². The number of rotatable bonds is 4. The summed E-state index contributed by atoms with van der Waals surface area (Å²) < 4.78 is 9.58. The van der Waals surface area contributed by atoms with E-state index in [9.17, 15) is 4.79 Å². The molecule has 7 heteroatoms. The van der Waals surface area contributed by atoms with Gasteiger partial charge in [0.25, 0.3) is 5.91 Å². The Balaban J connectivity index is 1.64. The van der Waals surface area contributed by atoms with Crippen molar-refractivity contribution in [2.75, 3.05) is 13.2 Å². The van der Waals surface area contributed by atoms with Crippen LogP contribution < -0.4 is 4.74 Å². The third-order valence-corrected chi connectivity index (χ3v) is 6.46. The summed E-state index contributed by atoms with van der Waals surface area (Å²) in [5, 5.41) is 5.27. The lowest BCUT2D eigenvalue weighted by Crippen LogP contribution is -2.40. The lowest BCUT2D eigenvalue weighted by molar-refractivity contribution is 0.0696. The Morgan fingerprint density at radius 1 is 1.23 bits per heavy atom. The molecule has 0 bridgehead atoms. The molecule has 1 aliphatic heterocycles. The summed E-state index contributed by atoms with van der Waals surface area (Å²) in [6, 6.07) is 16.2. The van der Waals surface area contributed by atoms with Gasteiger partial charge in [-0.1, -0.05) is 34.8 Å². The van der Waals surface area contributed by atoms with Gasteiger partial charge in [0.15, 0.2) is 0 Å². The first kappa shape index (κ1) is 18.8. The Morgan fingerprint density at radius 3 is 2.77 bits per heavy atom. The number of fused-ring (bicyclic) bond motifs is 3. The number of nitrogens with zero attached hydrogens (tertiary/aromatic N) is 3. The van der Waals surface area contributed by atoms with Crippen LogP contribution in [0.1, 0.15) is 45.2 Å². The molecule has 0 saturated carbocycles. The molecule has 4 aromatic rings. The summed E-state index contributed by atoms with van der Waals surface area (Å²) in [6.45, 7) is 5.07. The summed E-state index contributed by atoms with van der Waals surface area (Å²) >= 11 is 1.16. The number of aromatic nitrogens is 3. The number of para-hydroxylation sites is 1. The number of aryl methyl sites for hydroxylation is 1. The number of hydrogen-bond acceptors (Lipinski definition) is 5. The van der Waals surface area contributed by atoms with Crippen LogP contribution >= 0.6 is 11.5 Å². The second kappa shape index (κ2) is 7.57. The van der Waals surface area contributed by atoms with Gasteiger partial charge in [-0.2, -0.15) is 0 Å². The van der Waals surface area contributed by atoms with Gasteiger partial charge in [-0.3, -0.25) is 4.79 Å². The zero-order chi connectivity index (χ0) is 20.7. The molecule has 2 aromatic heterocycles. The summed E-state index contributed by atoms with van der Waals surface area (Å²) in [7, 11) is 0. The fourth-order valence-electron chi connectivity index (χ4n) is 4.28. The quantitative estimate of drug-likeness (QED) is 0.529. The van der Waals surface area contributed by atoms with Crippen molar-refractivity contribution < 1.29 is 9.53 Å². The van der Waals surface area contributed by atoms with Gasteiger partial charge in [-0.15, -0.1) is 5.10 Å². The lowest BCUT2D eigenvalue weighted by Gasteiger charge is -2.36. The van der Waals surface area contributed by atoms with E-state index in [1.165, 1.54) is 10.9 Å². The van der Waals surface area contributed by atoms with E-state index in [-0.39, 0.29) is 11.9 Å². The maximum atomic E-state index is 13.5. The van der Waals surface area contributed by atoms with E-state index in [2.05, 4.69) is 32.8 Å². The first-order valence-electron chi connectivity index (χ1n) is 10.1. The molecule has 5 rings (SSSR count). The average Bonchev–Trinajstić information content (AvgIpc) is 3.36. The topological polar surface area (TPSA) is 71.1 Å². The molecule has 1 atom stereocenters. The summed E-state index contributed by atoms with van der Waals surface area (Å²) in [6.07, 6.45) is 0.809. The first-order valence-corrected chi connectivity index (χ1v) is 10.9. The molecule has 1 unspecified atom stereocenters. The van der Waals surface area contributed by atoms with E-state index >= 15 is 0 Å². The molecule has 1 aliphatic rings. The van der Waals surface area contributed by atoms with Crippen molar-refractivity contribution in [3.05, 3.63) is 75.9 Å². The minimum absolute atomic E-state index is 0.0225. The number of hydrogen-bond donors (Lipinski definition) is 1. The van der Waals surface area contributed by atoms with Gasteiger partial charge in [0, 0.05) is 23.1 Å². The number of carbonyl (C=O) groups is 1. The summed E-state index contributed by atoms with van der Waals surface area (Å²) in [5.74, 6) is 0.806. The molecule has 1 amide bonds. The Kier molecular flexibility index (Phi) is 4.75. The SMILES string of the molecule is CCOc1ccc(C2c3[nH]c4ccccc4c3CCN2C(=O)c2snnc2C)cc1. The van der Waals surface area contributed by atoms with Gasteiger partial charge in [0.05, 0.1) is 18.3 Å². The minimum atomic E-state index is -0.203. The maximum Gasteiger partial charge on any atom is 0.268 e. The number of aromatic amines is 1. The largest absolute Gasteiger partial charge is 0.494 e. The fourth-order valence-corrected chi connectivity index (χ4v) is 4.89. The Bertz CT molecular complexity index is 1210. The Hall–Kier alpha value is -3.19. The van der Waals surface area contributed by atoms with Crippen LogP contribution in [0.15, 0.2) is 48.5 Å². The molecule has 30 heavy (non-hydrogen) atoms. The molecule has 1 N–H and O–H groups in total. The van der Waals surface area contributed by atoms with Gasteiger partial charge in [-0.05, 0) is 61.1 Å². The highest BCUT2D eigenvalue weighted by Gasteiger charge is 2.36. The predicted molar refractivity (Wildman–Crippen MR) is 117 cm³/mol. The smallest absolute Gasteiger partial charge is 0.268 e. The highest BCUT2D eigenvalue weighted by molar-refractivity contribution is 7.07. The number of amides is 1. The third kappa shape index (κ3) is 3.06. The van der Waals surface area contributed by atoms with E-state index in [0.717, 1.165) is 40.5 Å². The van der Waals surface area contributed by atoms with Gasteiger partial charge in [0.2, 0.25) is 0 Å². The first-order chi connectivity index (χ1) is 14.7. The van der Waals surface area contributed by atoms with Crippen molar-refractivity contribution in [1.29, 1.82) is 0 Å². The standard InChI is InChI=1S/C23H22N4O2S/c1-3-29-16-10-8-15(9-11-16)21-20-18(17-6-4-5-7-19(17)24-20)12-13-27(21)23(28)22-14(2)25-26-30-22/h4-11,21,24H,3,12-13H2,1-2H3. The maximum absolute atomic E-state index is 13.5. The van der Waals surface area contributed by atoms with Crippen molar-refractivity contribution >= 4 is 28.3 Å². The van der Waals surface area contributed by atoms with Crippen molar-refractivity contribution in [1.82, 2.24) is 19.5 Å². The molecule has 0 spiro atoms. The lowest BCUT2D eigenvalue weighted by atomic mass is 9.92. The highest BCUT2D eigenvalue weighted by atomic mass is 32.1. The highest BCUT2D eigenvalue weighted by Crippen LogP contribution is 2.39. The molecule has 0 radical (unpaired) electrons. The second-order valence-corrected chi connectivity index (χ2v) is 8.16. The van der Waals surface area contributed by atoms with Crippen LogP contribution in [0.3, 0.4) is 0 Å². The van der Waals surface area contributed by atoms with E-state index in [1.54, 1.807) is 0 Å². The van der Waals surface area contributed by atoms with Gasteiger partial charge < -0.3 is 14.6 Å². The summed E-state index contributed by atoms with van der Waals surface area (Å²) in [5.41, 5.74) is 5.19. The number of benzene rings is 2. The predicted octanol–water partition coefficient (Wildman–Crippen LogP) is 4.51. The molecule has 0 aliphatic carbocycles. The van der Waals surface area contributed by atoms with E-state index in [1.807, 2.05) is 49.1 Å². The average molecular weight is 419 g/mol. The molecular weight excluding hydrogens is 396 g/mol. The van der Waals surface area contributed by atoms with Crippen molar-refractivity contribution in [3.63, 3.8) is 0 Å². The monoisotopic (exact) mass is 418 g/mol. The number of H-pyrrole nitrogens is 1. The van der Waals surface area contributed by atoms with Crippen molar-refractivity contribution in [2.24, 2.45) is 0 Å². The van der Waals surface area contributed by atoms with Crippen LogP contribution in [0.5, 0.6) is 5.75 Å². The molecule has 152 valence electrons. The zero-order valence-corrected chi connectivity index (χ0v) is 17.7. The third-order valence-electron chi connectivity index (χ3n) is 5.65. The minimum Gasteiger partial charge on any atom is -0.494 e. The van der Waals surface area contributed by atoms with Crippen LogP contribution in [0.2, 0.25) is 0 Å². The molecule has 2 aromatic carbocycles. The molecule has 0 fully saturated rings. The Labute approximate surface area is 178 Å². The molecule has 6 nitrogen and oxygen atoms in total. The van der Waals surface area contributed by atoms with Crippen LogP contribution in [0.25, 0.3) is 10.9 Å². The van der Waals surface area contributed by atoms with E-state index < -0.39 is 0 Å². The number of carbonyl (C=O) groups excluding carboxylic acids is 1. The van der Waals surface area contributed by atoms with Crippen molar-refractivity contribution in [2.45, 2.75) is 26.3 Å². The van der Waals surface area contributed by atoms with Crippen LogP contribution in [-0.4, -0.2) is 38.5 Å². The van der Waals surface area contributed by atoms with E-state index in [0.29, 0.717) is 23.7 Å². The van der Waals surface area contributed by atoms with Crippen LogP contribution in [0.4, 0.5) is 0 Å². The Morgan fingerprint density at radius 2 is 2.03 bits per heavy atom. The molecule has 3 heterocycles. The zero-order valence-electron chi connectivity index (χ0n) is 16.9. The van der Waals surface area contributed by atoms with Crippen LogP contribution in [0, 0.1) is 6.92 Å². The van der Waals surface area contributed by atoms with E-state index in [4.69, 9.17) is 4.74 Å². The second-order valence-electron chi connectivity index (χ2n) is 7.40. The number of nitrogens with one attached hydrogen (secondary N) is 1. The summed E-state index contributed by atoms with van der Waals surface area (Å²) in [4.78, 5) is 19.6. The number of ether oxygens (including phenoxy) is 1. The van der Waals surface area contributed by atoms with Crippen molar-refractivity contribution in [3.8, 4) is 5.75 Å². The fraction of sp³-hybridized carbons (Fsp3) is 0.261.